The lowest BCUT2D eigenvalue weighted by Gasteiger charge is -2.32. The van der Waals surface area contributed by atoms with E-state index in [4.69, 9.17) is 10.5 Å². The molecule has 8 heteroatoms. The molecule has 4 rings (SSSR count). The first-order chi connectivity index (χ1) is 13.7. The van der Waals surface area contributed by atoms with Crippen LogP contribution in [0.5, 0.6) is 11.6 Å². The highest BCUT2D eigenvalue weighted by atomic mass is 16.5. The summed E-state index contributed by atoms with van der Waals surface area (Å²) in [7, 11) is 0. The molecule has 1 saturated heterocycles. The van der Waals surface area contributed by atoms with Gasteiger partial charge in [-0.25, -0.2) is 9.97 Å². The number of amides is 1. The number of primary amides is 1. The maximum Gasteiger partial charge on any atom is 0.248 e. The molecule has 1 amide bonds. The number of benzene rings is 1. The van der Waals surface area contributed by atoms with Crippen LogP contribution >= 0.6 is 0 Å². The summed E-state index contributed by atoms with van der Waals surface area (Å²) in [4.78, 5) is 30.0. The van der Waals surface area contributed by atoms with Gasteiger partial charge < -0.3 is 15.5 Å². The molecule has 0 bridgehead atoms. The van der Waals surface area contributed by atoms with Gasteiger partial charge in [0.1, 0.15) is 17.3 Å². The van der Waals surface area contributed by atoms with Gasteiger partial charge in [-0.05, 0) is 43.7 Å². The Morgan fingerprint density at radius 1 is 1.18 bits per heavy atom. The molecule has 0 aliphatic carbocycles. The van der Waals surface area contributed by atoms with Crippen molar-refractivity contribution < 1.29 is 9.53 Å². The lowest BCUT2D eigenvalue weighted by Crippen LogP contribution is -2.34. The minimum absolute atomic E-state index is 0.234. The van der Waals surface area contributed by atoms with E-state index in [-0.39, 0.29) is 5.92 Å². The van der Waals surface area contributed by atoms with Crippen LogP contribution in [0.25, 0.3) is 0 Å². The summed E-state index contributed by atoms with van der Waals surface area (Å²) in [5, 5.41) is 0. The number of nitrogens with one attached hydrogen (secondary N) is 1. The average Bonchev–Trinajstić information content (AvgIpc) is 3.22. The van der Waals surface area contributed by atoms with Gasteiger partial charge in [-0.3, -0.25) is 14.7 Å². The van der Waals surface area contributed by atoms with Crippen molar-refractivity contribution in [3.8, 4) is 11.6 Å². The van der Waals surface area contributed by atoms with Gasteiger partial charge in [0.25, 0.3) is 0 Å². The quantitative estimate of drug-likeness (QED) is 0.682. The monoisotopic (exact) mass is 378 g/mol. The number of aromatic nitrogens is 4. The van der Waals surface area contributed by atoms with Crippen LogP contribution in [0.4, 0.5) is 0 Å². The minimum atomic E-state index is -0.467. The van der Waals surface area contributed by atoms with E-state index in [2.05, 4.69) is 24.8 Å². The van der Waals surface area contributed by atoms with Crippen LogP contribution in [0.15, 0.2) is 49.1 Å². The van der Waals surface area contributed by atoms with Gasteiger partial charge in [0.2, 0.25) is 11.8 Å². The molecule has 1 aliphatic rings. The van der Waals surface area contributed by atoms with E-state index in [9.17, 15) is 4.79 Å². The number of ether oxygens (including phenoxy) is 1. The maximum atomic E-state index is 11.2. The van der Waals surface area contributed by atoms with E-state index in [1.54, 1.807) is 42.9 Å². The number of nitrogens with zero attached hydrogens (tertiary/aromatic N) is 4. The number of piperidine rings is 1. The minimum Gasteiger partial charge on any atom is -0.437 e. The second-order valence-electron chi connectivity index (χ2n) is 6.85. The van der Waals surface area contributed by atoms with Crippen molar-refractivity contribution in [2.24, 2.45) is 5.73 Å². The number of H-pyrrole nitrogens is 1. The molecule has 1 aromatic carbocycles. The zero-order chi connectivity index (χ0) is 19.3. The Labute approximate surface area is 162 Å². The molecule has 0 radical (unpaired) electrons. The number of nitrogens with two attached hydrogens (primary N) is 1. The second-order valence-corrected chi connectivity index (χ2v) is 6.85. The lowest BCUT2D eigenvalue weighted by molar-refractivity contribution is 0.100. The fourth-order valence-corrected chi connectivity index (χ4v) is 3.51. The largest absolute Gasteiger partial charge is 0.437 e. The van der Waals surface area contributed by atoms with Gasteiger partial charge in [0.05, 0.1) is 6.54 Å². The summed E-state index contributed by atoms with van der Waals surface area (Å²) in [6, 6.07) is 6.70. The molecule has 3 heterocycles. The zero-order valence-electron chi connectivity index (χ0n) is 15.4. The first-order valence-electron chi connectivity index (χ1n) is 9.28. The van der Waals surface area contributed by atoms with Crippen LogP contribution in [-0.4, -0.2) is 43.8 Å². The molecule has 2 aromatic heterocycles. The van der Waals surface area contributed by atoms with Crippen LogP contribution in [0, 0.1) is 0 Å². The van der Waals surface area contributed by atoms with Gasteiger partial charge >= 0.3 is 0 Å². The number of aromatic amines is 1. The number of hydrogen-bond acceptors (Lipinski definition) is 6. The van der Waals surface area contributed by atoms with Crippen molar-refractivity contribution in [1.29, 1.82) is 0 Å². The van der Waals surface area contributed by atoms with Crippen LogP contribution < -0.4 is 10.5 Å². The summed E-state index contributed by atoms with van der Waals surface area (Å²) in [6.45, 7) is 2.69. The summed E-state index contributed by atoms with van der Waals surface area (Å²) in [5.41, 5.74) is 6.58. The highest BCUT2D eigenvalue weighted by molar-refractivity contribution is 5.92. The van der Waals surface area contributed by atoms with Gasteiger partial charge in [-0.1, -0.05) is 0 Å². The number of carbonyl (C=O) groups excluding carboxylic acids is 1. The van der Waals surface area contributed by atoms with Gasteiger partial charge in [-0.2, -0.15) is 0 Å². The molecule has 3 N–H and O–H groups in total. The average molecular weight is 378 g/mol. The van der Waals surface area contributed by atoms with Gasteiger partial charge in [-0.15, -0.1) is 0 Å². The summed E-state index contributed by atoms with van der Waals surface area (Å²) >= 11 is 0. The second kappa shape index (κ2) is 8.18. The number of likely N-dealkylation sites (tertiary alicyclic amines) is 1. The van der Waals surface area contributed by atoms with Crippen LogP contribution in [0.3, 0.4) is 0 Å². The first-order valence-corrected chi connectivity index (χ1v) is 9.28. The van der Waals surface area contributed by atoms with E-state index in [0.717, 1.165) is 44.0 Å². The summed E-state index contributed by atoms with van der Waals surface area (Å²) in [5.74, 6) is 1.82. The summed E-state index contributed by atoms with van der Waals surface area (Å²) in [6.07, 6.45) is 9.05. The van der Waals surface area contributed by atoms with E-state index < -0.39 is 5.91 Å². The highest BCUT2D eigenvalue weighted by Gasteiger charge is 2.26. The Balaban J connectivity index is 1.49. The SMILES string of the molecule is NC(=O)c1ccc(Oc2nccnc2[C@H]2CCCN(Cc3ncc[nH]3)C2)cc1. The Bertz CT molecular complexity index is 926. The van der Waals surface area contributed by atoms with Crippen molar-refractivity contribution in [3.05, 3.63) is 66.1 Å². The van der Waals surface area contributed by atoms with E-state index in [0.29, 0.717) is 17.2 Å². The van der Waals surface area contributed by atoms with Crippen molar-refractivity contribution in [2.75, 3.05) is 13.1 Å². The smallest absolute Gasteiger partial charge is 0.248 e. The lowest BCUT2D eigenvalue weighted by atomic mass is 9.94. The zero-order valence-corrected chi connectivity index (χ0v) is 15.4. The molecule has 144 valence electrons. The molecule has 0 spiro atoms. The molecule has 3 aromatic rings. The van der Waals surface area contributed by atoms with E-state index in [1.165, 1.54) is 0 Å². The number of carbonyl (C=O) groups is 1. The third-order valence-corrected chi connectivity index (χ3v) is 4.86. The molecule has 1 aliphatic heterocycles. The Morgan fingerprint density at radius 2 is 2.00 bits per heavy atom. The highest BCUT2D eigenvalue weighted by Crippen LogP contribution is 2.32. The van der Waals surface area contributed by atoms with Crippen molar-refractivity contribution in [1.82, 2.24) is 24.8 Å². The van der Waals surface area contributed by atoms with E-state index in [1.807, 2.05) is 6.20 Å². The normalized spacial score (nSPS) is 17.4. The van der Waals surface area contributed by atoms with Gasteiger partial charge in [0, 0.05) is 42.8 Å². The standard InChI is InChI=1S/C20H22N6O2/c21-19(27)14-3-5-16(6-4-14)28-20-18(24-9-10-25-20)15-2-1-11-26(12-15)13-17-22-7-8-23-17/h3-10,15H,1-2,11-13H2,(H2,21,27)(H,22,23)/t15-/m0/s1. The Morgan fingerprint density at radius 3 is 2.75 bits per heavy atom. The molecule has 1 fully saturated rings. The van der Waals surface area contributed by atoms with Crippen molar-refractivity contribution in [2.45, 2.75) is 25.3 Å². The summed E-state index contributed by atoms with van der Waals surface area (Å²) < 4.78 is 5.98. The molecule has 8 nitrogen and oxygen atoms in total. The molecule has 28 heavy (non-hydrogen) atoms. The Kier molecular flexibility index (Phi) is 5.29. The van der Waals surface area contributed by atoms with Crippen LogP contribution in [0.2, 0.25) is 0 Å². The van der Waals surface area contributed by atoms with Crippen molar-refractivity contribution in [3.63, 3.8) is 0 Å². The fourth-order valence-electron chi connectivity index (χ4n) is 3.51. The third kappa shape index (κ3) is 4.17. The van der Waals surface area contributed by atoms with Crippen LogP contribution in [-0.2, 0) is 6.54 Å². The number of hydrogen-bond donors (Lipinski definition) is 2. The molecular weight excluding hydrogens is 356 g/mol. The molecule has 0 saturated carbocycles. The number of rotatable bonds is 6. The number of imidazole rings is 1. The first kappa shape index (κ1) is 18.1. The van der Waals surface area contributed by atoms with Crippen molar-refractivity contribution >= 4 is 5.91 Å². The van der Waals surface area contributed by atoms with Crippen LogP contribution in [0.1, 0.15) is 40.6 Å². The predicted molar refractivity (Wildman–Crippen MR) is 103 cm³/mol. The predicted octanol–water partition coefficient (Wildman–Crippen LogP) is 2.47. The fraction of sp³-hybridized carbons (Fsp3) is 0.300. The Hall–Kier alpha value is -3.26. The maximum absolute atomic E-state index is 11.2. The molecule has 1 atom stereocenters. The van der Waals surface area contributed by atoms with Gasteiger partial charge in [0.15, 0.2) is 0 Å². The topological polar surface area (TPSA) is 110 Å². The van der Waals surface area contributed by atoms with E-state index >= 15 is 0 Å². The third-order valence-electron chi connectivity index (χ3n) is 4.86. The molecule has 0 unspecified atom stereocenters. The molecular formula is C20H22N6O2.